The average molecular weight is 408 g/mol. The van der Waals surface area contributed by atoms with Crippen LogP contribution in [-0.4, -0.2) is 12.5 Å². The molecule has 3 aromatic carbocycles. The van der Waals surface area contributed by atoms with Crippen LogP contribution in [0.1, 0.15) is 11.1 Å². The summed E-state index contributed by atoms with van der Waals surface area (Å²) in [5.41, 5.74) is 3.32. The Morgan fingerprint density at radius 2 is 1.79 bits per heavy atom. The molecule has 146 valence electrons. The second kappa shape index (κ2) is 7.60. The van der Waals surface area contributed by atoms with E-state index in [4.69, 9.17) is 20.8 Å². The number of hydrogen-bond acceptors (Lipinski definition) is 4. The summed E-state index contributed by atoms with van der Waals surface area (Å²) in [6.45, 7) is 3.70. The van der Waals surface area contributed by atoms with E-state index in [1.807, 2.05) is 26.0 Å². The number of amides is 1. The van der Waals surface area contributed by atoms with E-state index in [0.29, 0.717) is 38.4 Å². The minimum absolute atomic E-state index is 0.0861. The topological polar surface area (TPSA) is 68.5 Å². The molecule has 0 aliphatic rings. The molecule has 6 heteroatoms. The molecule has 0 saturated carbocycles. The SMILES string of the molecule is Cc1cc(C)c2oc3cc(NC(=O)COc4ccc(Cl)cc4)ccc3c(=O)c2c1. The van der Waals surface area contributed by atoms with Crippen molar-refractivity contribution in [3.05, 3.63) is 81.0 Å². The molecule has 0 radical (unpaired) electrons. The molecule has 0 atom stereocenters. The largest absolute Gasteiger partial charge is 0.484 e. The fourth-order valence-corrected chi connectivity index (χ4v) is 3.39. The summed E-state index contributed by atoms with van der Waals surface area (Å²) in [5, 5.41) is 4.38. The Kier molecular flexibility index (Phi) is 4.99. The normalized spacial score (nSPS) is 11.0. The molecular formula is C23H18ClNO4. The fraction of sp³-hybridized carbons (Fsp3) is 0.130. The van der Waals surface area contributed by atoms with Gasteiger partial charge in [0.2, 0.25) is 5.43 Å². The van der Waals surface area contributed by atoms with Gasteiger partial charge in [-0.05, 0) is 67.4 Å². The molecule has 0 aliphatic heterocycles. The van der Waals surface area contributed by atoms with Crippen LogP contribution in [0.3, 0.4) is 0 Å². The maximum absolute atomic E-state index is 12.8. The highest BCUT2D eigenvalue weighted by Gasteiger charge is 2.12. The minimum atomic E-state index is -0.325. The number of fused-ring (bicyclic) bond motifs is 2. The number of nitrogens with one attached hydrogen (secondary N) is 1. The first-order chi connectivity index (χ1) is 13.9. The number of hydrogen-bond donors (Lipinski definition) is 1. The minimum Gasteiger partial charge on any atom is -0.484 e. The van der Waals surface area contributed by atoms with E-state index in [1.54, 1.807) is 42.5 Å². The Bertz CT molecular complexity index is 1290. The van der Waals surface area contributed by atoms with Crippen LogP contribution in [0.4, 0.5) is 5.69 Å². The number of benzene rings is 3. The third kappa shape index (κ3) is 3.96. The first-order valence-electron chi connectivity index (χ1n) is 9.07. The van der Waals surface area contributed by atoms with Gasteiger partial charge >= 0.3 is 0 Å². The monoisotopic (exact) mass is 407 g/mol. The molecule has 0 aliphatic carbocycles. The number of ether oxygens (including phenoxy) is 1. The number of carbonyl (C=O) groups excluding carboxylic acids is 1. The summed E-state index contributed by atoms with van der Waals surface area (Å²) < 4.78 is 11.4. The van der Waals surface area contributed by atoms with Crippen molar-refractivity contribution in [2.75, 3.05) is 11.9 Å². The van der Waals surface area contributed by atoms with Crippen molar-refractivity contribution in [3.63, 3.8) is 0 Å². The van der Waals surface area contributed by atoms with Crippen molar-refractivity contribution >= 4 is 45.1 Å². The lowest BCUT2D eigenvalue weighted by atomic mass is 10.1. The van der Waals surface area contributed by atoms with Gasteiger partial charge in [0, 0.05) is 16.8 Å². The number of rotatable bonds is 4. The fourth-order valence-electron chi connectivity index (χ4n) is 3.26. The van der Waals surface area contributed by atoms with E-state index >= 15 is 0 Å². The zero-order valence-electron chi connectivity index (χ0n) is 15.9. The molecule has 0 saturated heterocycles. The third-order valence-corrected chi connectivity index (χ3v) is 4.82. The van der Waals surface area contributed by atoms with Gasteiger partial charge in [0.25, 0.3) is 5.91 Å². The predicted molar refractivity (Wildman–Crippen MR) is 115 cm³/mol. The highest BCUT2D eigenvalue weighted by molar-refractivity contribution is 6.30. The summed E-state index contributed by atoms with van der Waals surface area (Å²) in [4.78, 5) is 25.0. The highest BCUT2D eigenvalue weighted by atomic mass is 35.5. The van der Waals surface area contributed by atoms with Gasteiger partial charge in [0.05, 0.1) is 10.8 Å². The first kappa shape index (κ1) is 19.0. The van der Waals surface area contributed by atoms with Crippen LogP contribution in [0.2, 0.25) is 5.02 Å². The predicted octanol–water partition coefficient (Wildman–Crippen LogP) is 5.23. The van der Waals surface area contributed by atoms with Crippen molar-refractivity contribution in [2.24, 2.45) is 0 Å². The van der Waals surface area contributed by atoms with Crippen molar-refractivity contribution in [2.45, 2.75) is 13.8 Å². The number of anilines is 1. The molecule has 1 N–H and O–H groups in total. The molecule has 0 bridgehead atoms. The van der Waals surface area contributed by atoms with Crippen LogP contribution in [-0.2, 0) is 4.79 Å². The third-order valence-electron chi connectivity index (χ3n) is 4.57. The van der Waals surface area contributed by atoms with E-state index in [-0.39, 0.29) is 17.9 Å². The Morgan fingerprint density at radius 1 is 1.03 bits per heavy atom. The van der Waals surface area contributed by atoms with E-state index in [9.17, 15) is 9.59 Å². The quantitative estimate of drug-likeness (QED) is 0.470. The maximum Gasteiger partial charge on any atom is 0.262 e. The van der Waals surface area contributed by atoms with E-state index in [2.05, 4.69) is 5.32 Å². The summed E-state index contributed by atoms with van der Waals surface area (Å²) in [6.07, 6.45) is 0. The Balaban J connectivity index is 1.58. The van der Waals surface area contributed by atoms with Gasteiger partial charge < -0.3 is 14.5 Å². The van der Waals surface area contributed by atoms with Crippen LogP contribution in [0.5, 0.6) is 5.75 Å². The first-order valence-corrected chi connectivity index (χ1v) is 9.44. The maximum atomic E-state index is 12.8. The molecule has 1 aromatic heterocycles. The standard InChI is InChI=1S/C23H18ClNO4/c1-13-9-14(2)23-19(10-13)22(27)18-8-5-16(11-20(18)29-23)25-21(26)12-28-17-6-3-15(24)4-7-17/h3-11H,12H2,1-2H3,(H,25,26). The van der Waals surface area contributed by atoms with Crippen LogP contribution < -0.4 is 15.5 Å². The Labute approximate surface area is 171 Å². The van der Waals surface area contributed by atoms with Crippen molar-refractivity contribution in [1.82, 2.24) is 0 Å². The van der Waals surface area contributed by atoms with Gasteiger partial charge in [-0.3, -0.25) is 9.59 Å². The second-order valence-electron chi connectivity index (χ2n) is 6.89. The summed E-state index contributed by atoms with van der Waals surface area (Å²) in [5.74, 6) is 0.223. The highest BCUT2D eigenvalue weighted by Crippen LogP contribution is 2.25. The van der Waals surface area contributed by atoms with Gasteiger partial charge in [-0.25, -0.2) is 0 Å². The number of carbonyl (C=O) groups is 1. The summed E-state index contributed by atoms with van der Waals surface area (Å²) in [7, 11) is 0. The molecule has 0 unspecified atom stereocenters. The average Bonchev–Trinajstić information content (AvgIpc) is 2.68. The van der Waals surface area contributed by atoms with Gasteiger partial charge in [-0.15, -0.1) is 0 Å². The summed E-state index contributed by atoms with van der Waals surface area (Å²) >= 11 is 5.83. The summed E-state index contributed by atoms with van der Waals surface area (Å²) in [6, 6.07) is 15.5. The van der Waals surface area contributed by atoms with Gasteiger partial charge in [-0.1, -0.05) is 17.7 Å². The zero-order chi connectivity index (χ0) is 20.5. The Hall–Kier alpha value is -3.31. The zero-order valence-corrected chi connectivity index (χ0v) is 16.7. The van der Waals surface area contributed by atoms with Crippen molar-refractivity contribution in [1.29, 1.82) is 0 Å². The van der Waals surface area contributed by atoms with E-state index < -0.39 is 0 Å². The lowest BCUT2D eigenvalue weighted by Gasteiger charge is -2.09. The van der Waals surface area contributed by atoms with Crippen molar-refractivity contribution < 1.29 is 13.9 Å². The Morgan fingerprint density at radius 3 is 2.55 bits per heavy atom. The molecule has 0 spiro atoms. The molecule has 1 amide bonds. The van der Waals surface area contributed by atoms with E-state index in [1.165, 1.54) is 0 Å². The number of halogens is 1. The van der Waals surface area contributed by atoms with Crippen LogP contribution in [0.15, 0.2) is 63.8 Å². The van der Waals surface area contributed by atoms with Crippen LogP contribution >= 0.6 is 11.6 Å². The number of aryl methyl sites for hydroxylation is 2. The van der Waals surface area contributed by atoms with Crippen LogP contribution in [0, 0.1) is 13.8 Å². The van der Waals surface area contributed by atoms with Gasteiger partial charge in [0.1, 0.15) is 16.9 Å². The second-order valence-corrected chi connectivity index (χ2v) is 7.33. The molecular weight excluding hydrogens is 390 g/mol. The molecule has 4 rings (SSSR count). The van der Waals surface area contributed by atoms with Crippen molar-refractivity contribution in [3.8, 4) is 5.75 Å². The lowest BCUT2D eigenvalue weighted by Crippen LogP contribution is -2.20. The van der Waals surface area contributed by atoms with Gasteiger partial charge in [0.15, 0.2) is 6.61 Å². The smallest absolute Gasteiger partial charge is 0.262 e. The molecule has 5 nitrogen and oxygen atoms in total. The van der Waals surface area contributed by atoms with E-state index in [0.717, 1.165) is 11.1 Å². The molecule has 0 fully saturated rings. The van der Waals surface area contributed by atoms with Crippen LogP contribution in [0.25, 0.3) is 21.9 Å². The van der Waals surface area contributed by atoms with Gasteiger partial charge in [-0.2, -0.15) is 0 Å². The molecule has 4 aromatic rings. The molecule has 1 heterocycles. The molecule has 29 heavy (non-hydrogen) atoms. The lowest BCUT2D eigenvalue weighted by molar-refractivity contribution is -0.118.